The van der Waals surface area contributed by atoms with Gasteiger partial charge in [-0.15, -0.1) is 0 Å². The van der Waals surface area contributed by atoms with E-state index in [1.807, 2.05) is 13.0 Å². The molecule has 0 radical (unpaired) electrons. The van der Waals surface area contributed by atoms with Crippen molar-refractivity contribution in [3.63, 3.8) is 0 Å². The smallest absolute Gasteiger partial charge is 0.337 e. The summed E-state index contributed by atoms with van der Waals surface area (Å²) >= 11 is 6.12. The molecule has 1 saturated carbocycles. The molecule has 0 spiro atoms. The SMILES string of the molecule is CCCOc1cc(Cl)ccc1-c1ccc(C(=O)O)c(CC2CCCC2)n1. The molecule has 1 aliphatic carbocycles. The molecule has 1 fully saturated rings. The molecule has 0 bridgehead atoms. The van der Waals surface area contributed by atoms with Crippen molar-refractivity contribution in [1.82, 2.24) is 4.98 Å². The molecule has 0 unspecified atom stereocenters. The second-order valence-corrected chi connectivity index (χ2v) is 7.28. The lowest BCUT2D eigenvalue weighted by Gasteiger charge is -2.15. The molecule has 3 rings (SSSR count). The van der Waals surface area contributed by atoms with Gasteiger partial charge in [-0.2, -0.15) is 0 Å². The van der Waals surface area contributed by atoms with Crippen molar-refractivity contribution in [2.24, 2.45) is 5.92 Å². The number of hydrogen-bond acceptors (Lipinski definition) is 3. The third-order valence-corrected chi connectivity index (χ3v) is 5.08. The Morgan fingerprint density at radius 1 is 1.27 bits per heavy atom. The number of pyridine rings is 1. The van der Waals surface area contributed by atoms with E-state index in [1.54, 1.807) is 24.3 Å². The number of aromatic carboxylic acids is 1. The highest BCUT2D eigenvalue weighted by atomic mass is 35.5. The van der Waals surface area contributed by atoms with Gasteiger partial charge in [0.25, 0.3) is 0 Å². The Kier molecular flexibility index (Phi) is 6.15. The Balaban J connectivity index is 1.98. The van der Waals surface area contributed by atoms with Crippen molar-refractivity contribution in [1.29, 1.82) is 0 Å². The van der Waals surface area contributed by atoms with Crippen molar-refractivity contribution >= 4 is 17.6 Å². The minimum atomic E-state index is -0.921. The predicted molar refractivity (Wildman–Crippen MR) is 103 cm³/mol. The molecule has 0 saturated heterocycles. The largest absolute Gasteiger partial charge is 0.493 e. The van der Waals surface area contributed by atoms with Crippen LogP contribution < -0.4 is 4.74 Å². The third-order valence-electron chi connectivity index (χ3n) is 4.84. The van der Waals surface area contributed by atoms with Gasteiger partial charge in [0.15, 0.2) is 0 Å². The first-order valence-electron chi connectivity index (χ1n) is 9.24. The number of ether oxygens (including phenoxy) is 1. The zero-order valence-electron chi connectivity index (χ0n) is 15.0. The van der Waals surface area contributed by atoms with E-state index >= 15 is 0 Å². The highest BCUT2D eigenvalue weighted by Crippen LogP contribution is 2.34. The molecule has 0 atom stereocenters. The number of nitrogens with zero attached hydrogens (tertiary/aromatic N) is 1. The van der Waals surface area contributed by atoms with Gasteiger partial charge in [0.2, 0.25) is 0 Å². The summed E-state index contributed by atoms with van der Waals surface area (Å²) in [5.41, 5.74) is 2.53. The van der Waals surface area contributed by atoms with Crippen molar-refractivity contribution in [2.45, 2.75) is 45.4 Å². The lowest BCUT2D eigenvalue weighted by Crippen LogP contribution is -2.10. The zero-order valence-corrected chi connectivity index (χ0v) is 15.8. The fourth-order valence-electron chi connectivity index (χ4n) is 3.53. The molecule has 1 aliphatic rings. The first kappa shape index (κ1) is 18.7. The van der Waals surface area contributed by atoms with Crippen molar-refractivity contribution in [2.75, 3.05) is 6.61 Å². The standard InChI is InChI=1S/C21H24ClNO3/c1-2-11-26-20-13-15(22)7-8-16(20)18-10-9-17(21(24)25)19(23-18)12-14-5-3-4-6-14/h7-10,13-14H,2-6,11-12H2,1H3,(H,24,25). The summed E-state index contributed by atoms with van der Waals surface area (Å²) < 4.78 is 5.83. The minimum absolute atomic E-state index is 0.297. The van der Waals surface area contributed by atoms with Crippen LogP contribution in [-0.4, -0.2) is 22.7 Å². The molecular weight excluding hydrogens is 350 g/mol. The van der Waals surface area contributed by atoms with Gasteiger partial charge < -0.3 is 9.84 Å². The van der Waals surface area contributed by atoms with Gasteiger partial charge in [-0.1, -0.05) is 44.2 Å². The molecule has 0 amide bonds. The van der Waals surface area contributed by atoms with E-state index in [9.17, 15) is 9.90 Å². The highest BCUT2D eigenvalue weighted by Gasteiger charge is 2.21. The molecule has 0 aliphatic heterocycles. The molecule has 1 heterocycles. The van der Waals surface area contributed by atoms with Crippen LogP contribution in [0, 0.1) is 5.92 Å². The number of halogens is 1. The Labute approximate surface area is 159 Å². The Morgan fingerprint density at radius 3 is 2.73 bits per heavy atom. The fourth-order valence-corrected chi connectivity index (χ4v) is 3.69. The van der Waals surface area contributed by atoms with Crippen LogP contribution in [0.25, 0.3) is 11.3 Å². The second-order valence-electron chi connectivity index (χ2n) is 6.84. The van der Waals surface area contributed by atoms with Crippen LogP contribution in [0.1, 0.15) is 55.1 Å². The van der Waals surface area contributed by atoms with Gasteiger partial charge in [-0.05, 0) is 49.1 Å². The fraction of sp³-hybridized carbons (Fsp3) is 0.429. The number of carbonyl (C=O) groups is 1. The summed E-state index contributed by atoms with van der Waals surface area (Å²) in [6.45, 7) is 2.64. The maximum atomic E-state index is 11.6. The maximum Gasteiger partial charge on any atom is 0.337 e. The number of carboxylic acids is 1. The Bertz CT molecular complexity index is 785. The number of carboxylic acid groups (broad SMARTS) is 1. The Hall–Kier alpha value is -2.07. The van der Waals surface area contributed by atoms with E-state index in [1.165, 1.54) is 12.8 Å². The second kappa shape index (κ2) is 8.54. The number of benzene rings is 1. The van der Waals surface area contributed by atoms with Crippen molar-refractivity contribution < 1.29 is 14.6 Å². The summed E-state index contributed by atoms with van der Waals surface area (Å²) in [5.74, 6) is 0.286. The van der Waals surface area contributed by atoms with Gasteiger partial charge in [0, 0.05) is 10.6 Å². The van der Waals surface area contributed by atoms with E-state index in [0.29, 0.717) is 41.0 Å². The van der Waals surface area contributed by atoms with E-state index < -0.39 is 5.97 Å². The summed E-state index contributed by atoms with van der Waals surface area (Å²) in [6, 6.07) is 8.89. The van der Waals surface area contributed by atoms with Crippen LogP contribution in [-0.2, 0) is 6.42 Å². The summed E-state index contributed by atoms with van der Waals surface area (Å²) in [6.07, 6.45) is 6.35. The van der Waals surface area contributed by atoms with Crippen LogP contribution in [0.5, 0.6) is 5.75 Å². The summed E-state index contributed by atoms with van der Waals surface area (Å²) in [7, 11) is 0. The zero-order chi connectivity index (χ0) is 18.5. The number of rotatable bonds is 7. The molecule has 26 heavy (non-hydrogen) atoms. The van der Waals surface area contributed by atoms with Gasteiger partial charge in [-0.3, -0.25) is 4.98 Å². The normalized spacial score (nSPS) is 14.5. The van der Waals surface area contributed by atoms with Gasteiger partial charge >= 0.3 is 5.97 Å². The summed E-state index contributed by atoms with van der Waals surface area (Å²) in [5, 5.41) is 10.1. The molecule has 5 heteroatoms. The van der Waals surface area contributed by atoms with Crippen LogP contribution in [0.15, 0.2) is 30.3 Å². The quantitative estimate of drug-likeness (QED) is 0.684. The van der Waals surface area contributed by atoms with Crippen molar-refractivity contribution in [3.8, 4) is 17.0 Å². The Morgan fingerprint density at radius 2 is 2.04 bits per heavy atom. The average Bonchev–Trinajstić information content (AvgIpc) is 3.13. The first-order chi connectivity index (χ1) is 12.6. The molecule has 1 aromatic carbocycles. The van der Waals surface area contributed by atoms with Gasteiger partial charge in [0.1, 0.15) is 5.75 Å². The third kappa shape index (κ3) is 4.36. The highest BCUT2D eigenvalue weighted by molar-refractivity contribution is 6.30. The van der Waals surface area contributed by atoms with Crippen LogP contribution >= 0.6 is 11.6 Å². The lowest BCUT2D eigenvalue weighted by molar-refractivity contribution is 0.0695. The van der Waals surface area contributed by atoms with Crippen LogP contribution in [0.4, 0.5) is 0 Å². The molecule has 1 N–H and O–H groups in total. The van der Waals surface area contributed by atoms with Gasteiger partial charge in [0.05, 0.1) is 23.6 Å². The molecule has 2 aromatic rings. The molecule has 138 valence electrons. The average molecular weight is 374 g/mol. The van der Waals surface area contributed by atoms with Gasteiger partial charge in [-0.25, -0.2) is 4.79 Å². The van der Waals surface area contributed by atoms with E-state index in [2.05, 4.69) is 0 Å². The molecule has 4 nitrogen and oxygen atoms in total. The number of aromatic nitrogens is 1. The van der Waals surface area contributed by atoms with E-state index in [4.69, 9.17) is 21.3 Å². The topological polar surface area (TPSA) is 59.4 Å². The minimum Gasteiger partial charge on any atom is -0.493 e. The van der Waals surface area contributed by atoms with Crippen molar-refractivity contribution in [3.05, 3.63) is 46.6 Å². The van der Waals surface area contributed by atoms with Crippen LogP contribution in [0.2, 0.25) is 5.02 Å². The lowest BCUT2D eigenvalue weighted by atomic mass is 9.97. The first-order valence-corrected chi connectivity index (χ1v) is 9.62. The van der Waals surface area contributed by atoms with E-state index in [0.717, 1.165) is 30.5 Å². The molecular formula is C21H24ClNO3. The predicted octanol–water partition coefficient (Wildman–Crippen LogP) is 5.62. The van der Waals surface area contributed by atoms with Crippen LogP contribution in [0.3, 0.4) is 0 Å². The molecule has 1 aromatic heterocycles. The monoisotopic (exact) mass is 373 g/mol. The van der Waals surface area contributed by atoms with E-state index in [-0.39, 0.29) is 0 Å². The summed E-state index contributed by atoms with van der Waals surface area (Å²) in [4.78, 5) is 16.3. The maximum absolute atomic E-state index is 11.6. The number of hydrogen-bond donors (Lipinski definition) is 1.